The molecule has 0 saturated carbocycles. The Hall–Kier alpha value is -3.48. The molecular weight excluding hydrogens is 394 g/mol. The van der Waals surface area contributed by atoms with Crippen molar-refractivity contribution in [1.29, 1.82) is 5.26 Å². The molecule has 0 atom stereocenters. The molecule has 9 heteroatoms. The van der Waals surface area contributed by atoms with Gasteiger partial charge in [-0.15, -0.1) is 0 Å². The van der Waals surface area contributed by atoms with Gasteiger partial charge in [0.2, 0.25) is 15.8 Å². The molecule has 0 aliphatic rings. The van der Waals surface area contributed by atoms with Gasteiger partial charge in [-0.3, -0.25) is 4.79 Å². The summed E-state index contributed by atoms with van der Waals surface area (Å²) in [4.78, 5) is 23.9. The Morgan fingerprint density at radius 2 is 1.83 bits per heavy atom. The number of allylic oxidation sites excluding steroid dienone is 1. The van der Waals surface area contributed by atoms with E-state index in [1.165, 1.54) is 25.1 Å². The topological polar surface area (TPSA) is 139 Å². The van der Waals surface area contributed by atoms with Crippen LogP contribution in [0.1, 0.15) is 22.8 Å². The van der Waals surface area contributed by atoms with Gasteiger partial charge in [-0.25, -0.2) is 17.9 Å². The Balaban J connectivity index is 2.08. The molecule has 0 fully saturated rings. The van der Waals surface area contributed by atoms with Crippen molar-refractivity contribution in [3.8, 4) is 6.07 Å². The number of carbonyl (C=O) groups excluding carboxylic acids is 2. The van der Waals surface area contributed by atoms with E-state index in [4.69, 9.17) is 15.7 Å². The molecule has 0 aromatic heterocycles. The number of ether oxygens (including phenoxy) is 1. The average molecular weight is 413 g/mol. The number of carbonyl (C=O) groups is 2. The number of ketones is 1. The lowest BCUT2D eigenvalue weighted by atomic mass is 10.1. The van der Waals surface area contributed by atoms with E-state index in [1.807, 2.05) is 6.07 Å². The number of esters is 1. The minimum atomic E-state index is -3.87. The van der Waals surface area contributed by atoms with E-state index in [2.05, 4.69) is 4.72 Å². The predicted molar refractivity (Wildman–Crippen MR) is 105 cm³/mol. The minimum Gasteiger partial charge on any atom is -0.454 e. The summed E-state index contributed by atoms with van der Waals surface area (Å²) < 4.78 is 32.3. The number of nitrogens with two attached hydrogens (primary N) is 1. The lowest BCUT2D eigenvalue weighted by Gasteiger charge is -2.09. The average Bonchev–Trinajstić information content (AvgIpc) is 2.71. The van der Waals surface area contributed by atoms with Crippen LogP contribution < -0.4 is 10.5 Å². The van der Waals surface area contributed by atoms with Crippen molar-refractivity contribution in [2.24, 2.45) is 5.73 Å². The maximum absolute atomic E-state index is 12.5. The lowest BCUT2D eigenvalue weighted by molar-refractivity contribution is -0.118. The van der Waals surface area contributed by atoms with Crippen LogP contribution in [0.25, 0.3) is 0 Å². The van der Waals surface area contributed by atoms with E-state index >= 15 is 0 Å². The van der Waals surface area contributed by atoms with Crippen molar-refractivity contribution >= 4 is 21.8 Å². The van der Waals surface area contributed by atoms with Crippen molar-refractivity contribution in [1.82, 2.24) is 4.72 Å². The van der Waals surface area contributed by atoms with Gasteiger partial charge in [0.05, 0.1) is 10.5 Å². The van der Waals surface area contributed by atoms with E-state index in [9.17, 15) is 18.0 Å². The molecule has 0 aliphatic carbocycles. The summed E-state index contributed by atoms with van der Waals surface area (Å²) in [6, 6.07) is 15.8. The quantitative estimate of drug-likeness (QED) is 0.381. The number of Topliss-reactive ketones (excluding diaryl/α,β-unsaturated/α-hetero) is 1. The largest absolute Gasteiger partial charge is 0.454 e. The predicted octanol–water partition coefficient (Wildman–Crippen LogP) is 1.65. The van der Waals surface area contributed by atoms with Gasteiger partial charge in [-0.1, -0.05) is 36.4 Å². The van der Waals surface area contributed by atoms with Crippen LogP contribution in [0, 0.1) is 11.3 Å². The summed E-state index contributed by atoms with van der Waals surface area (Å²) in [5, 5.41) is 8.89. The highest BCUT2D eigenvalue weighted by Crippen LogP contribution is 2.13. The van der Waals surface area contributed by atoms with Crippen molar-refractivity contribution in [2.75, 3.05) is 6.61 Å². The molecule has 150 valence electrons. The number of nitrogens with zero attached hydrogens (tertiary/aromatic N) is 1. The third-order valence-corrected chi connectivity index (χ3v) is 5.21. The van der Waals surface area contributed by atoms with Crippen molar-refractivity contribution in [2.45, 2.75) is 18.4 Å². The summed E-state index contributed by atoms with van der Waals surface area (Å²) in [6.07, 6.45) is 0. The molecule has 8 nitrogen and oxygen atoms in total. The molecule has 2 aromatic carbocycles. The Bertz CT molecular complexity index is 1080. The Morgan fingerprint density at radius 3 is 2.45 bits per heavy atom. The van der Waals surface area contributed by atoms with E-state index < -0.39 is 28.4 Å². The first-order chi connectivity index (χ1) is 13.7. The van der Waals surface area contributed by atoms with Crippen molar-refractivity contribution in [3.05, 3.63) is 77.0 Å². The van der Waals surface area contributed by atoms with Gasteiger partial charge in [0.25, 0.3) is 0 Å². The first kappa shape index (κ1) is 21.8. The number of sulfonamides is 1. The number of benzene rings is 2. The van der Waals surface area contributed by atoms with Crippen LogP contribution in [0.15, 0.2) is 70.8 Å². The number of nitriles is 1. The minimum absolute atomic E-state index is 0.0196. The Kier molecular flexibility index (Phi) is 7.25. The number of rotatable bonds is 8. The zero-order chi connectivity index (χ0) is 21.4. The smallest absolute Gasteiger partial charge is 0.338 e. The summed E-state index contributed by atoms with van der Waals surface area (Å²) in [7, 11) is -3.87. The monoisotopic (exact) mass is 413 g/mol. The standard InChI is InChI=1S/C20H19N3O5S/c1-14(22)18(11-21)19(24)13-28-20(25)16-8-5-9-17(10-16)29(26,27)23-12-15-6-3-2-4-7-15/h2-10,23H,12-13,22H2,1H3/b18-14+. The molecule has 0 amide bonds. The molecule has 0 radical (unpaired) electrons. The second kappa shape index (κ2) is 9.64. The zero-order valence-corrected chi connectivity index (χ0v) is 16.4. The highest BCUT2D eigenvalue weighted by atomic mass is 32.2. The van der Waals surface area contributed by atoms with Crippen LogP contribution in [-0.4, -0.2) is 26.8 Å². The SMILES string of the molecule is C/C(N)=C(/C#N)C(=O)COC(=O)c1cccc(S(=O)(=O)NCc2ccccc2)c1. The van der Waals surface area contributed by atoms with Crippen molar-refractivity contribution < 1.29 is 22.7 Å². The molecule has 0 saturated heterocycles. The van der Waals surface area contributed by atoms with E-state index in [1.54, 1.807) is 30.3 Å². The van der Waals surface area contributed by atoms with Gasteiger partial charge < -0.3 is 10.5 Å². The summed E-state index contributed by atoms with van der Waals surface area (Å²) >= 11 is 0. The Labute approximate surface area is 168 Å². The van der Waals surface area contributed by atoms with Crippen molar-refractivity contribution in [3.63, 3.8) is 0 Å². The maximum Gasteiger partial charge on any atom is 0.338 e. The fourth-order valence-electron chi connectivity index (χ4n) is 2.30. The summed E-state index contributed by atoms with van der Waals surface area (Å²) in [5.74, 6) is -1.64. The number of nitrogens with one attached hydrogen (secondary N) is 1. The molecule has 0 unspecified atom stereocenters. The van der Waals surface area contributed by atoms with Gasteiger partial charge in [0.1, 0.15) is 11.6 Å². The molecular formula is C20H19N3O5S. The lowest BCUT2D eigenvalue weighted by Crippen LogP contribution is -2.23. The normalized spacial score (nSPS) is 11.9. The highest BCUT2D eigenvalue weighted by Gasteiger charge is 2.19. The summed E-state index contributed by atoms with van der Waals surface area (Å²) in [6.45, 7) is 0.794. The first-order valence-electron chi connectivity index (χ1n) is 8.45. The molecule has 3 N–H and O–H groups in total. The zero-order valence-electron chi connectivity index (χ0n) is 15.6. The van der Waals surface area contributed by atoms with Gasteiger partial charge in [-0.2, -0.15) is 5.26 Å². The van der Waals surface area contributed by atoms with Gasteiger partial charge in [0, 0.05) is 12.2 Å². The number of hydrogen-bond acceptors (Lipinski definition) is 7. The molecule has 29 heavy (non-hydrogen) atoms. The molecule has 0 heterocycles. The highest BCUT2D eigenvalue weighted by molar-refractivity contribution is 7.89. The van der Waals surface area contributed by atoms with Gasteiger partial charge in [-0.05, 0) is 30.7 Å². The third-order valence-electron chi connectivity index (χ3n) is 3.81. The summed E-state index contributed by atoms with van der Waals surface area (Å²) in [5.41, 5.74) is 5.88. The van der Waals surface area contributed by atoms with Crippen LogP contribution in [0.2, 0.25) is 0 Å². The van der Waals surface area contributed by atoms with Crippen LogP contribution in [-0.2, 0) is 26.1 Å². The molecule has 2 rings (SSSR count). The first-order valence-corrected chi connectivity index (χ1v) is 9.93. The third kappa shape index (κ3) is 6.00. The van der Waals surface area contributed by atoms with Crippen LogP contribution in [0.5, 0.6) is 0 Å². The second-order valence-electron chi connectivity index (χ2n) is 6.01. The fourth-order valence-corrected chi connectivity index (χ4v) is 3.37. The maximum atomic E-state index is 12.5. The second-order valence-corrected chi connectivity index (χ2v) is 7.77. The molecule has 2 aromatic rings. The van der Waals surface area contributed by atoms with E-state index in [0.29, 0.717) is 0 Å². The van der Waals surface area contributed by atoms with E-state index in [0.717, 1.165) is 11.6 Å². The van der Waals surface area contributed by atoms with Crippen LogP contribution in [0.4, 0.5) is 0 Å². The Morgan fingerprint density at radius 1 is 1.14 bits per heavy atom. The number of hydrogen-bond donors (Lipinski definition) is 2. The molecule has 0 bridgehead atoms. The fraction of sp³-hybridized carbons (Fsp3) is 0.150. The van der Waals surface area contributed by atoms with Gasteiger partial charge >= 0.3 is 5.97 Å². The van der Waals surface area contributed by atoms with Crippen LogP contribution >= 0.6 is 0 Å². The molecule has 0 aliphatic heterocycles. The molecule has 0 spiro atoms. The van der Waals surface area contributed by atoms with Crippen LogP contribution in [0.3, 0.4) is 0 Å². The van der Waals surface area contributed by atoms with E-state index in [-0.39, 0.29) is 28.3 Å². The van der Waals surface area contributed by atoms with Gasteiger partial charge in [0.15, 0.2) is 6.61 Å².